The Hall–Kier alpha value is 0.190. The average Bonchev–Trinajstić information content (AvgIpc) is 3.19. The third kappa shape index (κ3) is 5.16. The van der Waals surface area contributed by atoms with Crippen molar-refractivity contribution in [2.45, 2.75) is 31.8 Å². The van der Waals surface area contributed by atoms with Gasteiger partial charge in [0.05, 0.1) is 0 Å². The van der Waals surface area contributed by atoms with Gasteiger partial charge >= 0.3 is 25.8 Å². The van der Waals surface area contributed by atoms with Crippen molar-refractivity contribution < 1.29 is 50.7 Å². The number of allylic oxidation sites excluding steroid dienone is 4. The molecule has 2 aromatic rings. The number of benzene rings is 1. The topological polar surface area (TPSA) is 0 Å². The van der Waals surface area contributed by atoms with E-state index in [2.05, 4.69) is 74.0 Å². The zero-order valence-corrected chi connectivity index (χ0v) is 21.1. The molecule has 1 fully saturated rings. The summed E-state index contributed by atoms with van der Waals surface area (Å²) in [6, 6.07) is 13.8. The van der Waals surface area contributed by atoms with Gasteiger partial charge in [-0.3, -0.25) is 0 Å². The molecule has 4 rings (SSSR count). The predicted molar refractivity (Wildman–Crippen MR) is 104 cm³/mol. The summed E-state index contributed by atoms with van der Waals surface area (Å²) >= 11 is 0. The van der Waals surface area contributed by atoms with E-state index in [4.69, 9.17) is 0 Å². The van der Waals surface area contributed by atoms with E-state index >= 15 is 0 Å². The van der Waals surface area contributed by atoms with E-state index in [0.29, 0.717) is 5.92 Å². The molecule has 0 N–H and O–H groups in total. The third-order valence-corrected chi connectivity index (χ3v) is 8.25. The van der Waals surface area contributed by atoms with Crippen LogP contribution in [0.3, 0.4) is 0 Å². The zero-order chi connectivity index (χ0) is 15.6. The Morgan fingerprint density at radius 3 is 2.62 bits per heavy atom. The molecule has 0 aliphatic heterocycles. The first-order valence-corrected chi connectivity index (χ1v) is 10.6. The molecular weight excluding hydrogens is 545 g/mol. The van der Waals surface area contributed by atoms with Crippen LogP contribution < -0.4 is 30.1 Å². The molecule has 2 aliphatic rings. The van der Waals surface area contributed by atoms with Crippen molar-refractivity contribution in [3.63, 3.8) is 0 Å². The molecule has 2 aromatic carbocycles. The molecule has 1 saturated carbocycles. The van der Waals surface area contributed by atoms with Gasteiger partial charge in [0, 0.05) is 0 Å². The molecule has 0 radical (unpaired) electrons. The standard InChI is InChI=1S/C22H25P.2ClH.Hf/c1-2-3-12-23(21-13-17-8-4-5-9-18(17)14-21)22-15-19-10-6-7-11-20(19)16-22;;;/h4-11,13-15,19-20,22H,2-3,12,16H2,1H3;2*1H;/q-2;;;+4/p-2. The van der Waals surface area contributed by atoms with Crippen molar-refractivity contribution in [2.24, 2.45) is 11.8 Å². The Morgan fingerprint density at radius 2 is 1.88 bits per heavy atom. The van der Waals surface area contributed by atoms with Crippen LogP contribution in [0.1, 0.15) is 26.2 Å². The summed E-state index contributed by atoms with van der Waals surface area (Å²) < 4.78 is 0. The molecule has 0 aromatic heterocycles. The first kappa shape index (κ1) is 24.2. The van der Waals surface area contributed by atoms with E-state index in [-0.39, 0.29) is 58.6 Å². The quantitative estimate of drug-likeness (QED) is 0.266. The van der Waals surface area contributed by atoms with E-state index in [9.17, 15) is 0 Å². The van der Waals surface area contributed by atoms with Crippen molar-refractivity contribution >= 4 is 24.0 Å². The van der Waals surface area contributed by atoms with Gasteiger partial charge in [0.1, 0.15) is 0 Å². The van der Waals surface area contributed by atoms with Crippen molar-refractivity contribution in [3.05, 3.63) is 67.1 Å². The molecule has 0 nitrogen and oxygen atoms in total. The SMILES string of the molecule is CCCCP(c1cc2ccccc2[cH-]1)C1[CH-]C2C=CC=CC2C1.[Cl-].[Cl-].[Hf+4]. The summed E-state index contributed by atoms with van der Waals surface area (Å²) in [6.45, 7) is 2.32. The van der Waals surface area contributed by atoms with Crippen molar-refractivity contribution in [1.82, 2.24) is 0 Å². The second kappa shape index (κ2) is 11.3. The van der Waals surface area contributed by atoms with Gasteiger partial charge in [0.2, 0.25) is 0 Å². The summed E-state index contributed by atoms with van der Waals surface area (Å²) in [5.74, 6) is 1.43. The first-order chi connectivity index (χ1) is 11.3. The molecule has 0 amide bonds. The van der Waals surface area contributed by atoms with Crippen LogP contribution in [0.25, 0.3) is 10.8 Å². The number of rotatable bonds is 5. The second-order valence-corrected chi connectivity index (χ2v) is 9.46. The molecule has 0 bridgehead atoms. The molecule has 4 atom stereocenters. The molecule has 4 unspecified atom stereocenters. The summed E-state index contributed by atoms with van der Waals surface area (Å²) in [6.07, 6.45) is 17.4. The summed E-state index contributed by atoms with van der Waals surface area (Å²) in [7, 11) is -0.0698. The summed E-state index contributed by atoms with van der Waals surface area (Å²) in [5, 5.41) is 4.46. The maximum Gasteiger partial charge on any atom is 4.00 e. The fourth-order valence-corrected chi connectivity index (χ4v) is 7.22. The fraction of sp³-hybridized carbons (Fsp3) is 0.364. The van der Waals surface area contributed by atoms with Gasteiger partial charge in [0.25, 0.3) is 0 Å². The van der Waals surface area contributed by atoms with Crippen LogP contribution in [0, 0.1) is 18.3 Å². The summed E-state index contributed by atoms with van der Waals surface area (Å²) in [4.78, 5) is 0. The van der Waals surface area contributed by atoms with Gasteiger partial charge in [0.15, 0.2) is 0 Å². The fourth-order valence-electron chi connectivity index (χ4n) is 4.07. The number of hydrogen-bond acceptors (Lipinski definition) is 0. The van der Waals surface area contributed by atoms with Gasteiger partial charge in [-0.25, -0.2) is 0 Å². The molecule has 136 valence electrons. The van der Waals surface area contributed by atoms with Crippen LogP contribution in [-0.4, -0.2) is 11.8 Å². The normalized spacial score (nSPS) is 24.3. The molecule has 0 heterocycles. The van der Waals surface area contributed by atoms with Gasteiger partial charge in [-0.15, -0.1) is 65.9 Å². The van der Waals surface area contributed by atoms with E-state index < -0.39 is 0 Å². The van der Waals surface area contributed by atoms with Crippen molar-refractivity contribution in [2.75, 3.05) is 6.16 Å². The minimum atomic E-state index is -0.0698. The predicted octanol–water partition coefficient (Wildman–Crippen LogP) is -0.194. The van der Waals surface area contributed by atoms with Gasteiger partial charge in [-0.05, 0) is 18.5 Å². The maximum absolute atomic E-state index is 2.67. The molecule has 2 aliphatic carbocycles. The monoisotopic (exact) mass is 570 g/mol. The largest absolute Gasteiger partial charge is 4.00 e. The zero-order valence-electron chi connectivity index (χ0n) is 15.1. The number of hydrogen-bond donors (Lipinski definition) is 0. The molecular formula is C22H25Cl2HfP. The maximum atomic E-state index is 2.67. The van der Waals surface area contributed by atoms with E-state index in [1.54, 1.807) is 5.30 Å². The van der Waals surface area contributed by atoms with Crippen LogP contribution in [-0.2, 0) is 25.8 Å². The first-order valence-electron chi connectivity index (χ1n) is 8.97. The minimum Gasteiger partial charge on any atom is -1.00 e. The van der Waals surface area contributed by atoms with Crippen LogP contribution in [0.15, 0.2) is 60.7 Å². The minimum absolute atomic E-state index is 0. The molecule has 0 saturated heterocycles. The van der Waals surface area contributed by atoms with Crippen molar-refractivity contribution in [3.8, 4) is 0 Å². The Morgan fingerprint density at radius 1 is 1.12 bits per heavy atom. The van der Waals surface area contributed by atoms with Crippen LogP contribution >= 0.6 is 7.92 Å². The second-order valence-electron chi connectivity index (χ2n) is 6.90. The van der Waals surface area contributed by atoms with Gasteiger partial charge in [-0.1, -0.05) is 44.1 Å². The molecule has 26 heavy (non-hydrogen) atoms. The Kier molecular flexibility index (Phi) is 10.5. The van der Waals surface area contributed by atoms with Crippen LogP contribution in [0.2, 0.25) is 0 Å². The molecule has 0 spiro atoms. The average molecular weight is 570 g/mol. The van der Waals surface area contributed by atoms with Crippen LogP contribution in [0.5, 0.6) is 0 Å². The number of unbranched alkanes of at least 4 members (excludes halogenated alkanes) is 1. The summed E-state index contributed by atoms with van der Waals surface area (Å²) in [5.41, 5.74) is 0.788. The smallest absolute Gasteiger partial charge is 1.00 e. The van der Waals surface area contributed by atoms with Gasteiger partial charge in [-0.2, -0.15) is 6.07 Å². The van der Waals surface area contributed by atoms with E-state index in [1.807, 2.05) is 0 Å². The van der Waals surface area contributed by atoms with E-state index in [1.165, 1.54) is 36.2 Å². The number of halogens is 2. The molecule has 4 heteroatoms. The van der Waals surface area contributed by atoms with Crippen LogP contribution in [0.4, 0.5) is 0 Å². The van der Waals surface area contributed by atoms with Crippen molar-refractivity contribution in [1.29, 1.82) is 0 Å². The Balaban J connectivity index is 0.00000113. The third-order valence-electron chi connectivity index (χ3n) is 5.34. The number of fused-ring (bicyclic) bond motifs is 2. The Labute approximate surface area is 190 Å². The van der Waals surface area contributed by atoms with E-state index in [0.717, 1.165) is 11.6 Å². The Bertz CT molecular complexity index is 684. The van der Waals surface area contributed by atoms with Gasteiger partial charge < -0.3 is 31.2 Å².